The van der Waals surface area contributed by atoms with Gasteiger partial charge in [0, 0.05) is 43.6 Å². The van der Waals surface area contributed by atoms with Crippen molar-refractivity contribution < 1.29 is 43.5 Å². The van der Waals surface area contributed by atoms with Crippen LogP contribution in [0.4, 0.5) is 0 Å². The van der Waals surface area contributed by atoms with Crippen molar-refractivity contribution in [3.05, 3.63) is 84.5 Å². The van der Waals surface area contributed by atoms with E-state index >= 15 is 0 Å². The summed E-state index contributed by atoms with van der Waals surface area (Å²) < 4.78 is 31.8. The molecule has 0 bridgehead atoms. The Labute approximate surface area is 318 Å². The first-order valence-electron chi connectivity index (χ1n) is 19.5. The third-order valence-corrected chi connectivity index (χ3v) is 11.6. The fourth-order valence-corrected chi connectivity index (χ4v) is 9.15. The van der Waals surface area contributed by atoms with E-state index in [0.717, 1.165) is 60.9 Å². The summed E-state index contributed by atoms with van der Waals surface area (Å²) in [6.45, 7) is 9.15. The van der Waals surface area contributed by atoms with Crippen molar-refractivity contribution in [2.75, 3.05) is 40.3 Å². The van der Waals surface area contributed by atoms with Gasteiger partial charge in [-0.3, -0.25) is 4.79 Å². The van der Waals surface area contributed by atoms with Crippen molar-refractivity contribution in [1.29, 1.82) is 0 Å². The predicted molar refractivity (Wildman–Crippen MR) is 203 cm³/mol. The number of rotatable bonds is 19. The minimum Gasteiger partial charge on any atom is -0.490 e. The molecule has 2 heterocycles. The maximum atomic E-state index is 14.7. The summed E-state index contributed by atoms with van der Waals surface area (Å²) in [6, 6.07) is 11.2. The predicted octanol–water partition coefficient (Wildman–Crippen LogP) is 6.68. The summed E-state index contributed by atoms with van der Waals surface area (Å²) in [6.07, 6.45) is 12.7. The van der Waals surface area contributed by atoms with E-state index in [9.17, 15) is 15.0 Å². The molecule has 2 aliphatic heterocycles. The molecule has 2 aromatic carbocycles. The minimum absolute atomic E-state index is 0.0553. The van der Waals surface area contributed by atoms with Crippen LogP contribution in [0.25, 0.3) is 0 Å². The maximum absolute atomic E-state index is 14.7. The zero-order valence-corrected chi connectivity index (χ0v) is 31.3. The molecule has 2 N–H and O–H groups in total. The van der Waals surface area contributed by atoms with Crippen LogP contribution in [0.15, 0.2) is 78.5 Å². The molecule has 54 heavy (non-hydrogen) atoms. The molecule has 3 aliphatic carbocycles. The third-order valence-electron chi connectivity index (χ3n) is 11.6. The summed E-state index contributed by atoms with van der Waals surface area (Å²) >= 11 is 0. The van der Waals surface area contributed by atoms with Crippen molar-refractivity contribution in [2.24, 2.45) is 28.8 Å². The number of benzene rings is 2. The summed E-state index contributed by atoms with van der Waals surface area (Å²) in [5.74, 6) is 1.14. The molecule has 290 valence electrons. The molecule has 0 spiro atoms. The van der Waals surface area contributed by atoms with Crippen molar-refractivity contribution in [2.45, 2.75) is 82.1 Å². The molecule has 5 aliphatic rings. The Bertz CT molecular complexity index is 1740. The molecular formula is C43H54N2O9. The number of allylic oxidation sites excluding steroid dienone is 1. The van der Waals surface area contributed by atoms with Gasteiger partial charge in [0.15, 0.2) is 11.5 Å². The van der Waals surface area contributed by atoms with Gasteiger partial charge in [0.1, 0.15) is 31.3 Å². The number of nitrogens with zero attached hydrogens (tertiary/aromatic N) is 2. The summed E-state index contributed by atoms with van der Waals surface area (Å²) in [4.78, 5) is 22.2. The molecule has 6 unspecified atom stereocenters. The Hall–Kier alpha value is -4.32. The number of carbonyl (C=O) groups excluding carboxylic acids is 1. The molecule has 0 radical (unpaired) electrons. The molecule has 7 rings (SSSR count). The summed E-state index contributed by atoms with van der Waals surface area (Å²) in [5.41, 5.74) is 3.69. The monoisotopic (exact) mass is 742 g/mol. The topological polar surface area (TPSA) is 129 Å². The summed E-state index contributed by atoms with van der Waals surface area (Å²) in [7, 11) is 1.56. The number of aliphatic hydroxyl groups excluding tert-OH is 2. The van der Waals surface area contributed by atoms with Crippen LogP contribution in [0.2, 0.25) is 0 Å². The number of carbonyl (C=O) groups is 1. The lowest BCUT2D eigenvalue weighted by Crippen LogP contribution is -2.70. The fraction of sp³-hybridized carbons (Fsp3) is 0.535. The number of amides is 1. The lowest BCUT2D eigenvalue weighted by molar-refractivity contribution is -0.258. The first-order chi connectivity index (χ1) is 26.5. The van der Waals surface area contributed by atoms with Crippen LogP contribution >= 0.6 is 0 Å². The van der Waals surface area contributed by atoms with E-state index in [1.165, 1.54) is 0 Å². The Morgan fingerprint density at radius 1 is 0.981 bits per heavy atom. The average Bonchev–Trinajstić information content (AvgIpc) is 3.94. The second-order valence-electron chi connectivity index (χ2n) is 15.0. The maximum Gasteiger partial charge on any atom is 0.239 e. The van der Waals surface area contributed by atoms with Gasteiger partial charge in [-0.2, -0.15) is 0 Å². The minimum atomic E-state index is -1.32. The molecule has 11 heteroatoms. The smallest absolute Gasteiger partial charge is 0.239 e. The van der Waals surface area contributed by atoms with Crippen LogP contribution in [-0.4, -0.2) is 78.9 Å². The Balaban J connectivity index is 1.43. The molecular weight excluding hydrogens is 688 g/mol. The van der Waals surface area contributed by atoms with Crippen molar-refractivity contribution >= 4 is 11.6 Å². The van der Waals surface area contributed by atoms with E-state index in [1.54, 1.807) is 19.3 Å². The normalized spacial score (nSPS) is 26.9. The highest BCUT2D eigenvalue weighted by atomic mass is 16.7. The standard InChI is InChI=1S/C43H54N2O9/c1-4-20-50-31-15-17-36-34(24-31)40-32(11-7-9-19-47)30(10-6-8-18-46)23-33-35(44-49-3)25-39(43(54-36,41(33)40)53-21-5-2)45(42(48)29-13-14-29)26-28-12-16-37-38(22-28)52-27-51-37/h4-5,12,15-17,22-24,29-30,32,39-41,46-47H,1-2,6-11,13-14,18-21,25-27H2,3H3. The van der Waals surface area contributed by atoms with Crippen LogP contribution in [0.3, 0.4) is 0 Å². The van der Waals surface area contributed by atoms with Gasteiger partial charge in [-0.15, -0.1) is 6.58 Å². The van der Waals surface area contributed by atoms with Crippen LogP contribution in [0, 0.1) is 23.7 Å². The van der Waals surface area contributed by atoms with Gasteiger partial charge in [0.25, 0.3) is 0 Å². The molecule has 11 nitrogen and oxygen atoms in total. The van der Waals surface area contributed by atoms with Gasteiger partial charge in [-0.05, 0) is 91.8 Å². The first-order valence-corrected chi connectivity index (χ1v) is 19.5. The number of fused-ring (bicyclic) bond motifs is 3. The number of hydrogen-bond donors (Lipinski definition) is 2. The third kappa shape index (κ3) is 7.50. The highest BCUT2D eigenvalue weighted by Gasteiger charge is 2.66. The number of ether oxygens (including phenoxy) is 5. The lowest BCUT2D eigenvalue weighted by Gasteiger charge is -2.60. The van der Waals surface area contributed by atoms with Crippen molar-refractivity contribution in [1.82, 2.24) is 4.90 Å². The zero-order chi connectivity index (χ0) is 37.7. The van der Waals surface area contributed by atoms with E-state index < -0.39 is 11.8 Å². The SMILES string of the molecule is C=CCOc1ccc2c(c1)C1C(CCCCO)C(CCCCO)C=C3C(=NOC)CC(N(Cc4ccc5c(c4)OCO5)C(=O)C4CC4)C(OCC=C)(O2)C31. The molecule has 2 aromatic rings. The highest BCUT2D eigenvalue weighted by Crippen LogP contribution is 2.62. The molecule has 0 aromatic heterocycles. The molecule has 2 saturated carbocycles. The van der Waals surface area contributed by atoms with E-state index in [4.69, 9.17) is 33.7 Å². The van der Waals surface area contributed by atoms with Gasteiger partial charge >= 0.3 is 0 Å². The largest absolute Gasteiger partial charge is 0.490 e. The Kier molecular flexibility index (Phi) is 12.0. The quantitative estimate of drug-likeness (QED) is 0.0921. The zero-order valence-electron chi connectivity index (χ0n) is 31.3. The number of aliphatic hydroxyl groups is 2. The number of hydrogen-bond acceptors (Lipinski definition) is 10. The van der Waals surface area contributed by atoms with Gasteiger partial charge < -0.3 is 43.6 Å². The summed E-state index contributed by atoms with van der Waals surface area (Å²) in [5, 5.41) is 24.3. The number of oxime groups is 1. The molecule has 2 fully saturated rings. The van der Waals surface area contributed by atoms with Gasteiger partial charge in [0.2, 0.25) is 18.5 Å². The fourth-order valence-electron chi connectivity index (χ4n) is 9.15. The molecule has 6 atom stereocenters. The van der Waals surface area contributed by atoms with Gasteiger partial charge in [-0.25, -0.2) is 0 Å². The number of unbranched alkanes of at least 4 members (excludes halogenated alkanes) is 2. The second kappa shape index (κ2) is 17.0. The Morgan fingerprint density at radius 3 is 2.48 bits per heavy atom. The Morgan fingerprint density at radius 2 is 1.74 bits per heavy atom. The van der Waals surface area contributed by atoms with Crippen molar-refractivity contribution in [3.63, 3.8) is 0 Å². The van der Waals surface area contributed by atoms with E-state index in [0.29, 0.717) is 55.4 Å². The lowest BCUT2D eigenvalue weighted by atomic mass is 9.55. The first kappa shape index (κ1) is 38.0. The average molecular weight is 743 g/mol. The molecule has 0 saturated heterocycles. The van der Waals surface area contributed by atoms with Crippen molar-refractivity contribution in [3.8, 4) is 23.0 Å². The molecule has 1 amide bonds. The van der Waals surface area contributed by atoms with Crippen LogP contribution in [0.1, 0.15) is 74.8 Å². The van der Waals surface area contributed by atoms with E-state index in [-0.39, 0.29) is 62.1 Å². The van der Waals surface area contributed by atoms with Crippen LogP contribution < -0.4 is 18.9 Å². The van der Waals surface area contributed by atoms with E-state index in [2.05, 4.69) is 25.3 Å². The van der Waals surface area contributed by atoms with Crippen LogP contribution in [0.5, 0.6) is 23.0 Å². The highest BCUT2D eigenvalue weighted by molar-refractivity contribution is 6.03. The van der Waals surface area contributed by atoms with Gasteiger partial charge in [-0.1, -0.05) is 48.9 Å². The second-order valence-corrected chi connectivity index (χ2v) is 15.0. The van der Waals surface area contributed by atoms with E-state index in [1.807, 2.05) is 35.2 Å². The van der Waals surface area contributed by atoms with Crippen LogP contribution in [-0.2, 0) is 20.9 Å². The van der Waals surface area contributed by atoms with Gasteiger partial charge in [0.05, 0.1) is 18.2 Å².